The number of pyridine rings is 1. The van der Waals surface area contributed by atoms with Crippen molar-refractivity contribution in [1.82, 2.24) is 10.4 Å². The molecule has 2 aromatic heterocycles. The van der Waals surface area contributed by atoms with Crippen LogP contribution in [-0.4, -0.2) is 4.98 Å². The van der Waals surface area contributed by atoms with E-state index in [1.807, 2.05) is 37.3 Å². The molecule has 0 saturated heterocycles. The van der Waals surface area contributed by atoms with Gasteiger partial charge in [-0.05, 0) is 25.1 Å². The quantitative estimate of drug-likeness (QED) is 0.563. The molecular formula is C16H17N3O. The van der Waals surface area contributed by atoms with Crippen LogP contribution < -0.4 is 11.3 Å². The molecule has 20 heavy (non-hydrogen) atoms. The molecule has 1 aromatic carbocycles. The second-order valence-corrected chi connectivity index (χ2v) is 4.85. The van der Waals surface area contributed by atoms with Crippen molar-refractivity contribution < 1.29 is 4.42 Å². The molecule has 4 nitrogen and oxygen atoms in total. The van der Waals surface area contributed by atoms with E-state index in [0.717, 1.165) is 34.3 Å². The van der Waals surface area contributed by atoms with Gasteiger partial charge in [0.1, 0.15) is 5.76 Å². The Balaban J connectivity index is 1.89. The predicted octanol–water partition coefficient (Wildman–Crippen LogP) is 2.88. The second kappa shape index (κ2) is 5.45. The van der Waals surface area contributed by atoms with Crippen LogP contribution in [0.25, 0.3) is 10.9 Å². The lowest BCUT2D eigenvalue weighted by Gasteiger charge is -2.15. The van der Waals surface area contributed by atoms with Gasteiger partial charge in [0.15, 0.2) is 0 Å². The van der Waals surface area contributed by atoms with Crippen molar-refractivity contribution in [2.75, 3.05) is 0 Å². The highest BCUT2D eigenvalue weighted by Crippen LogP contribution is 2.22. The number of nitrogens with one attached hydrogen (secondary N) is 1. The standard InChI is InChI=1S/C16H17N3O/c1-11-14(8-9-20-11)16(19-17)10-13-7-6-12-4-2-3-5-15(12)18-13/h2-9,16,19H,10,17H2,1H3. The van der Waals surface area contributed by atoms with Crippen molar-refractivity contribution in [3.05, 3.63) is 65.7 Å². The average Bonchev–Trinajstić information content (AvgIpc) is 2.91. The van der Waals surface area contributed by atoms with Gasteiger partial charge >= 0.3 is 0 Å². The van der Waals surface area contributed by atoms with E-state index in [1.165, 1.54) is 0 Å². The molecule has 0 radical (unpaired) electrons. The normalized spacial score (nSPS) is 12.7. The monoisotopic (exact) mass is 267 g/mol. The highest BCUT2D eigenvalue weighted by molar-refractivity contribution is 5.78. The largest absolute Gasteiger partial charge is 0.469 e. The fraction of sp³-hybridized carbons (Fsp3) is 0.188. The first-order valence-electron chi connectivity index (χ1n) is 6.62. The number of hydrogen-bond donors (Lipinski definition) is 2. The molecule has 3 rings (SSSR count). The van der Waals surface area contributed by atoms with Gasteiger partial charge in [-0.2, -0.15) is 0 Å². The lowest BCUT2D eigenvalue weighted by Crippen LogP contribution is -2.30. The molecule has 0 fully saturated rings. The first-order valence-corrected chi connectivity index (χ1v) is 6.62. The Bertz CT molecular complexity index is 720. The van der Waals surface area contributed by atoms with Crippen molar-refractivity contribution in [3.63, 3.8) is 0 Å². The van der Waals surface area contributed by atoms with Gasteiger partial charge in [0.2, 0.25) is 0 Å². The fourth-order valence-electron chi connectivity index (χ4n) is 2.45. The van der Waals surface area contributed by atoms with Crippen molar-refractivity contribution in [3.8, 4) is 0 Å². The number of rotatable bonds is 4. The molecule has 0 saturated carbocycles. The number of benzene rings is 1. The third kappa shape index (κ3) is 2.43. The van der Waals surface area contributed by atoms with Gasteiger partial charge in [-0.3, -0.25) is 16.3 Å². The molecule has 3 N–H and O–H groups in total. The van der Waals surface area contributed by atoms with Crippen molar-refractivity contribution >= 4 is 10.9 Å². The van der Waals surface area contributed by atoms with Crippen LogP contribution in [0.2, 0.25) is 0 Å². The summed E-state index contributed by atoms with van der Waals surface area (Å²) in [4.78, 5) is 4.68. The molecule has 0 aliphatic rings. The number of fused-ring (bicyclic) bond motifs is 1. The highest BCUT2D eigenvalue weighted by Gasteiger charge is 2.15. The molecule has 102 valence electrons. The summed E-state index contributed by atoms with van der Waals surface area (Å²) in [7, 11) is 0. The summed E-state index contributed by atoms with van der Waals surface area (Å²) in [5.74, 6) is 6.56. The van der Waals surface area contributed by atoms with Crippen LogP contribution in [0.4, 0.5) is 0 Å². The SMILES string of the molecule is Cc1occc1C(Cc1ccc2ccccc2n1)NN. The summed E-state index contributed by atoms with van der Waals surface area (Å²) < 4.78 is 5.34. The molecule has 0 spiro atoms. The van der Waals surface area contributed by atoms with Gasteiger partial charge in [-0.1, -0.05) is 24.3 Å². The summed E-state index contributed by atoms with van der Waals surface area (Å²) in [5.41, 5.74) is 5.92. The highest BCUT2D eigenvalue weighted by atomic mass is 16.3. The predicted molar refractivity (Wildman–Crippen MR) is 79.0 cm³/mol. The minimum Gasteiger partial charge on any atom is -0.469 e. The lowest BCUT2D eigenvalue weighted by atomic mass is 10.0. The van der Waals surface area contributed by atoms with Crippen LogP contribution in [0.1, 0.15) is 23.1 Å². The van der Waals surface area contributed by atoms with Crippen LogP contribution in [0, 0.1) is 6.92 Å². The topological polar surface area (TPSA) is 64.1 Å². The van der Waals surface area contributed by atoms with Crippen LogP contribution >= 0.6 is 0 Å². The second-order valence-electron chi connectivity index (χ2n) is 4.85. The van der Waals surface area contributed by atoms with Gasteiger partial charge in [0.25, 0.3) is 0 Å². The Hall–Kier alpha value is -2.17. The molecule has 0 bridgehead atoms. The number of hydrogen-bond acceptors (Lipinski definition) is 4. The summed E-state index contributed by atoms with van der Waals surface area (Å²) in [5, 5.41) is 1.15. The van der Waals surface area contributed by atoms with Crippen LogP contribution in [0.3, 0.4) is 0 Å². The maximum Gasteiger partial charge on any atom is 0.105 e. The zero-order valence-electron chi connectivity index (χ0n) is 11.3. The summed E-state index contributed by atoms with van der Waals surface area (Å²) in [6, 6.07) is 14.2. The van der Waals surface area contributed by atoms with E-state index in [1.54, 1.807) is 6.26 Å². The number of hydrazine groups is 1. The Kier molecular flexibility index (Phi) is 3.50. The van der Waals surface area contributed by atoms with Crippen LogP contribution in [-0.2, 0) is 6.42 Å². The van der Waals surface area contributed by atoms with Gasteiger partial charge < -0.3 is 4.42 Å². The minimum absolute atomic E-state index is 0.00223. The van der Waals surface area contributed by atoms with E-state index in [2.05, 4.69) is 22.5 Å². The Morgan fingerprint density at radius 2 is 2.05 bits per heavy atom. The first kappa shape index (κ1) is 12.8. The van der Waals surface area contributed by atoms with Crippen LogP contribution in [0.15, 0.2) is 53.1 Å². The maximum absolute atomic E-state index is 5.67. The first-order chi connectivity index (χ1) is 9.78. The molecule has 1 unspecified atom stereocenters. The Morgan fingerprint density at radius 3 is 2.80 bits per heavy atom. The zero-order chi connectivity index (χ0) is 13.9. The molecule has 3 aromatic rings. The Morgan fingerprint density at radius 1 is 1.20 bits per heavy atom. The fourth-order valence-corrected chi connectivity index (χ4v) is 2.45. The van der Waals surface area contributed by atoms with Gasteiger partial charge in [-0.25, -0.2) is 0 Å². The number of nitrogens with zero attached hydrogens (tertiary/aromatic N) is 1. The zero-order valence-corrected chi connectivity index (χ0v) is 11.3. The van der Waals surface area contributed by atoms with Crippen molar-refractivity contribution in [2.45, 2.75) is 19.4 Å². The van der Waals surface area contributed by atoms with E-state index >= 15 is 0 Å². The van der Waals surface area contributed by atoms with Crippen molar-refractivity contribution in [1.29, 1.82) is 0 Å². The molecular weight excluding hydrogens is 250 g/mol. The van der Waals surface area contributed by atoms with E-state index in [0.29, 0.717) is 0 Å². The summed E-state index contributed by atoms with van der Waals surface area (Å²) in [6.07, 6.45) is 2.41. The molecule has 0 amide bonds. The molecule has 2 heterocycles. The van der Waals surface area contributed by atoms with Gasteiger partial charge in [0, 0.05) is 23.1 Å². The van der Waals surface area contributed by atoms with Gasteiger partial charge in [0.05, 0.1) is 17.8 Å². The number of nitrogens with two attached hydrogens (primary N) is 1. The third-order valence-electron chi connectivity index (χ3n) is 3.54. The van der Waals surface area contributed by atoms with E-state index in [-0.39, 0.29) is 6.04 Å². The molecule has 0 aliphatic carbocycles. The molecule has 0 aliphatic heterocycles. The number of aromatic nitrogens is 1. The molecule has 1 atom stereocenters. The van der Waals surface area contributed by atoms with Crippen LogP contribution in [0.5, 0.6) is 0 Å². The summed E-state index contributed by atoms with van der Waals surface area (Å²) in [6.45, 7) is 1.94. The van der Waals surface area contributed by atoms with E-state index < -0.39 is 0 Å². The van der Waals surface area contributed by atoms with E-state index in [4.69, 9.17) is 10.3 Å². The van der Waals surface area contributed by atoms with Crippen molar-refractivity contribution in [2.24, 2.45) is 5.84 Å². The maximum atomic E-state index is 5.67. The lowest BCUT2D eigenvalue weighted by molar-refractivity contribution is 0.500. The minimum atomic E-state index is 0.00223. The van der Waals surface area contributed by atoms with E-state index in [9.17, 15) is 0 Å². The summed E-state index contributed by atoms with van der Waals surface area (Å²) >= 11 is 0. The molecule has 4 heteroatoms. The third-order valence-corrected chi connectivity index (χ3v) is 3.54. The Labute approximate surface area is 117 Å². The number of aryl methyl sites for hydroxylation is 1. The van der Waals surface area contributed by atoms with Gasteiger partial charge in [-0.15, -0.1) is 0 Å². The number of furan rings is 1. The average molecular weight is 267 g/mol. The number of para-hydroxylation sites is 1. The smallest absolute Gasteiger partial charge is 0.105 e.